The van der Waals surface area contributed by atoms with Crippen LogP contribution in [0.2, 0.25) is 0 Å². The number of esters is 1. The highest BCUT2D eigenvalue weighted by Crippen LogP contribution is 2.59. The summed E-state index contributed by atoms with van der Waals surface area (Å²) in [5.41, 5.74) is 2.76. The zero-order chi connectivity index (χ0) is 38.6. The van der Waals surface area contributed by atoms with Gasteiger partial charge < -0.3 is 29.7 Å². The quantitative estimate of drug-likeness (QED) is 0.146. The fourth-order valence-electron chi connectivity index (χ4n) is 8.70. The van der Waals surface area contributed by atoms with Gasteiger partial charge in [-0.05, 0) is 74.8 Å². The van der Waals surface area contributed by atoms with Crippen molar-refractivity contribution in [1.82, 2.24) is 10.2 Å². The molecule has 3 heterocycles. The summed E-state index contributed by atoms with van der Waals surface area (Å²) in [5.74, 6) is -3.65. The van der Waals surface area contributed by atoms with Crippen LogP contribution < -0.4 is 10.2 Å². The number of nitrogens with zero attached hydrogens (tertiary/aromatic N) is 2. The maximum absolute atomic E-state index is 15.2. The lowest BCUT2D eigenvalue weighted by molar-refractivity contribution is -0.162. The molecule has 3 amide bonds. The molecular formula is C44H51N3O7. The number of carbonyl (C=O) groups is 4. The van der Waals surface area contributed by atoms with Crippen LogP contribution in [0.5, 0.6) is 0 Å². The SMILES string of the molecule is C=CCCC(=O)N[C@@H](C)[C@H](OC(=O)[C@@H]1[C@@H]2CC[C@]3(O2)[C@H](C(=O)N(CC=C)c2cc(C)ccc2C)N([C@@H](CO)Cc2ccccc2)C(=O)[C@@H]13)c1ccccc1. The Morgan fingerprint density at radius 1 is 1.06 bits per heavy atom. The van der Waals surface area contributed by atoms with E-state index in [2.05, 4.69) is 18.5 Å². The van der Waals surface area contributed by atoms with Gasteiger partial charge in [-0.1, -0.05) is 84.9 Å². The Bertz CT molecular complexity index is 1870. The van der Waals surface area contributed by atoms with E-state index in [1.54, 1.807) is 24.0 Å². The van der Waals surface area contributed by atoms with Crippen molar-refractivity contribution in [3.8, 4) is 0 Å². The number of hydrogen-bond donors (Lipinski definition) is 2. The topological polar surface area (TPSA) is 125 Å². The Labute approximate surface area is 317 Å². The fraction of sp³-hybridized carbons (Fsp3) is 0.409. The number of anilines is 1. The predicted molar refractivity (Wildman–Crippen MR) is 206 cm³/mol. The van der Waals surface area contributed by atoms with E-state index in [-0.39, 0.29) is 31.2 Å². The molecule has 6 rings (SSSR count). The number of carbonyl (C=O) groups excluding carboxylic acids is 4. The highest BCUT2D eigenvalue weighted by molar-refractivity contribution is 6.05. The summed E-state index contributed by atoms with van der Waals surface area (Å²) in [5, 5.41) is 13.9. The van der Waals surface area contributed by atoms with E-state index in [0.717, 1.165) is 16.7 Å². The second kappa shape index (κ2) is 16.5. The van der Waals surface area contributed by atoms with E-state index >= 15 is 9.59 Å². The van der Waals surface area contributed by atoms with Crippen LogP contribution in [0, 0.1) is 25.7 Å². The van der Waals surface area contributed by atoms with Gasteiger partial charge in [0.15, 0.2) is 0 Å². The molecule has 0 unspecified atom stereocenters. The second-order valence-corrected chi connectivity index (χ2v) is 14.8. The van der Waals surface area contributed by atoms with Gasteiger partial charge in [-0.25, -0.2) is 0 Å². The van der Waals surface area contributed by atoms with E-state index in [1.165, 1.54) is 4.90 Å². The van der Waals surface area contributed by atoms with Gasteiger partial charge in [-0.2, -0.15) is 0 Å². The minimum atomic E-state index is -1.34. The molecule has 3 saturated heterocycles. The number of likely N-dealkylation sites (tertiary alicyclic amines) is 1. The van der Waals surface area contributed by atoms with Crippen molar-refractivity contribution in [3.05, 3.63) is 126 Å². The number of aliphatic hydroxyl groups excluding tert-OH is 1. The molecule has 3 fully saturated rings. The normalized spacial score (nSPS) is 24.3. The summed E-state index contributed by atoms with van der Waals surface area (Å²) in [4.78, 5) is 60.7. The van der Waals surface area contributed by atoms with E-state index in [9.17, 15) is 14.7 Å². The lowest BCUT2D eigenvalue weighted by Gasteiger charge is -2.39. The third-order valence-electron chi connectivity index (χ3n) is 11.2. The number of rotatable bonds is 16. The molecule has 3 aromatic carbocycles. The first-order valence-electron chi connectivity index (χ1n) is 18.8. The molecule has 2 N–H and O–H groups in total. The number of allylic oxidation sites excluding steroid dienone is 1. The molecule has 2 bridgehead atoms. The minimum Gasteiger partial charge on any atom is -0.455 e. The smallest absolute Gasteiger partial charge is 0.313 e. The van der Waals surface area contributed by atoms with Crippen molar-refractivity contribution in [3.63, 3.8) is 0 Å². The van der Waals surface area contributed by atoms with Crippen LogP contribution in [0.4, 0.5) is 5.69 Å². The van der Waals surface area contributed by atoms with Crippen LogP contribution in [0.15, 0.2) is 104 Å². The first-order valence-corrected chi connectivity index (χ1v) is 18.8. The molecule has 3 aromatic rings. The highest BCUT2D eigenvalue weighted by Gasteiger charge is 2.75. The lowest BCUT2D eigenvalue weighted by atomic mass is 9.70. The number of ether oxygens (including phenoxy) is 2. The summed E-state index contributed by atoms with van der Waals surface area (Å²) >= 11 is 0. The van der Waals surface area contributed by atoms with Gasteiger partial charge in [0.1, 0.15) is 17.7 Å². The van der Waals surface area contributed by atoms with Crippen molar-refractivity contribution in [1.29, 1.82) is 0 Å². The molecule has 8 atom stereocenters. The summed E-state index contributed by atoms with van der Waals surface area (Å²) in [6.07, 6.45) is 3.66. The van der Waals surface area contributed by atoms with E-state index in [1.807, 2.05) is 92.7 Å². The fourth-order valence-corrected chi connectivity index (χ4v) is 8.70. The summed E-state index contributed by atoms with van der Waals surface area (Å²) in [7, 11) is 0. The van der Waals surface area contributed by atoms with Crippen molar-refractivity contribution in [2.24, 2.45) is 11.8 Å². The molecule has 3 aliphatic heterocycles. The zero-order valence-corrected chi connectivity index (χ0v) is 31.4. The molecule has 3 aliphatic rings. The van der Waals surface area contributed by atoms with Gasteiger partial charge in [0, 0.05) is 18.7 Å². The van der Waals surface area contributed by atoms with Crippen molar-refractivity contribution >= 4 is 29.4 Å². The molecule has 0 radical (unpaired) electrons. The van der Waals surface area contributed by atoms with E-state index in [4.69, 9.17) is 9.47 Å². The molecule has 284 valence electrons. The van der Waals surface area contributed by atoms with E-state index < -0.39 is 66.3 Å². The van der Waals surface area contributed by atoms with Crippen LogP contribution in [0.25, 0.3) is 0 Å². The summed E-state index contributed by atoms with van der Waals surface area (Å²) in [6.45, 7) is 13.1. The van der Waals surface area contributed by atoms with Gasteiger partial charge in [-0.3, -0.25) is 19.2 Å². The molecule has 0 aromatic heterocycles. The van der Waals surface area contributed by atoms with Crippen LogP contribution in [0.3, 0.4) is 0 Å². The third kappa shape index (κ3) is 7.37. The highest BCUT2D eigenvalue weighted by atomic mass is 16.6. The first-order chi connectivity index (χ1) is 26.0. The Morgan fingerprint density at radius 3 is 2.43 bits per heavy atom. The van der Waals surface area contributed by atoms with Crippen molar-refractivity contribution in [2.45, 2.75) is 88.8 Å². The van der Waals surface area contributed by atoms with Crippen LogP contribution in [0.1, 0.15) is 61.0 Å². The van der Waals surface area contributed by atoms with Gasteiger partial charge in [0.25, 0.3) is 5.91 Å². The predicted octanol–water partition coefficient (Wildman–Crippen LogP) is 5.56. The molecule has 10 heteroatoms. The van der Waals surface area contributed by atoms with E-state index in [0.29, 0.717) is 30.5 Å². The second-order valence-electron chi connectivity index (χ2n) is 14.8. The van der Waals surface area contributed by atoms with Crippen molar-refractivity contribution in [2.75, 3.05) is 18.1 Å². The largest absolute Gasteiger partial charge is 0.455 e. The molecule has 0 aliphatic carbocycles. The Hall–Kier alpha value is -5.06. The first kappa shape index (κ1) is 38.7. The van der Waals surface area contributed by atoms with Gasteiger partial charge in [0.2, 0.25) is 11.8 Å². The zero-order valence-electron chi connectivity index (χ0n) is 31.4. The average Bonchev–Trinajstić information content (AvgIpc) is 3.83. The summed E-state index contributed by atoms with van der Waals surface area (Å²) < 4.78 is 13.1. The van der Waals surface area contributed by atoms with Crippen LogP contribution in [-0.2, 0) is 35.1 Å². The standard InChI is InChI=1S/C44H51N3O7/c1-6-8-19-36(49)45-30(5)39(32-17-13-10-14-18-32)53-43(52)37-35-22-23-44(54-35)38(37)41(50)47(33(27-48)26-31-15-11-9-12-16-31)40(44)42(51)46(24-7-2)34-25-28(3)20-21-29(34)4/h6-7,9-18,20-21,25,30,33,35,37-40,48H,1-2,8,19,22-24,26-27H2,3-5H3,(H,45,49)/t30-,33+,35-,37+,38+,39-,40-,44+/m0/s1. The van der Waals surface area contributed by atoms with Crippen LogP contribution in [-0.4, -0.2) is 76.7 Å². The molecule has 0 saturated carbocycles. The molecule has 54 heavy (non-hydrogen) atoms. The summed E-state index contributed by atoms with van der Waals surface area (Å²) in [6, 6.07) is 22.1. The number of benzene rings is 3. The third-order valence-corrected chi connectivity index (χ3v) is 11.2. The minimum absolute atomic E-state index is 0.176. The maximum atomic E-state index is 15.2. The average molecular weight is 734 g/mol. The lowest BCUT2D eigenvalue weighted by Crippen LogP contribution is -2.59. The number of hydrogen-bond acceptors (Lipinski definition) is 7. The monoisotopic (exact) mass is 733 g/mol. The molecular weight excluding hydrogens is 682 g/mol. The number of nitrogens with one attached hydrogen (secondary N) is 1. The van der Waals surface area contributed by atoms with Gasteiger partial charge >= 0.3 is 5.97 Å². The Morgan fingerprint density at radius 2 is 1.76 bits per heavy atom. The Kier molecular flexibility index (Phi) is 11.8. The van der Waals surface area contributed by atoms with Crippen LogP contribution >= 0.6 is 0 Å². The maximum Gasteiger partial charge on any atom is 0.313 e. The number of amides is 3. The Balaban J connectivity index is 1.39. The number of aliphatic hydroxyl groups is 1. The van der Waals surface area contributed by atoms with Gasteiger partial charge in [0.05, 0.1) is 36.6 Å². The number of aryl methyl sites for hydroxylation is 2. The molecule has 1 spiro atoms. The number of fused-ring (bicyclic) bond motifs is 1. The molecule has 10 nitrogen and oxygen atoms in total. The van der Waals surface area contributed by atoms with Crippen molar-refractivity contribution < 1.29 is 33.8 Å². The van der Waals surface area contributed by atoms with Gasteiger partial charge in [-0.15, -0.1) is 13.2 Å².